The van der Waals surface area contributed by atoms with E-state index in [1.807, 2.05) is 18.2 Å². The molecule has 1 aliphatic heterocycles. The number of hydrogen-bond donors (Lipinski definition) is 0. The van der Waals surface area contributed by atoms with Crippen molar-refractivity contribution in [3.8, 4) is 18.1 Å². The van der Waals surface area contributed by atoms with Crippen molar-refractivity contribution >= 4 is 0 Å². The fourth-order valence-electron chi connectivity index (χ4n) is 1.69. The van der Waals surface area contributed by atoms with E-state index in [0.29, 0.717) is 5.92 Å². The van der Waals surface area contributed by atoms with E-state index < -0.39 is 0 Å². The van der Waals surface area contributed by atoms with Crippen molar-refractivity contribution in [2.24, 2.45) is 5.92 Å². The van der Waals surface area contributed by atoms with E-state index in [-0.39, 0.29) is 0 Å². The van der Waals surface area contributed by atoms with Gasteiger partial charge in [0.1, 0.15) is 5.75 Å². The van der Waals surface area contributed by atoms with Crippen LogP contribution in [0.2, 0.25) is 0 Å². The second-order valence-corrected chi connectivity index (χ2v) is 3.40. The second-order valence-electron chi connectivity index (χ2n) is 3.40. The molecule has 0 bridgehead atoms. The maximum Gasteiger partial charge on any atom is 0.122 e. The molecule has 1 heteroatoms. The summed E-state index contributed by atoms with van der Waals surface area (Å²) < 4.78 is 5.59. The van der Waals surface area contributed by atoms with Crippen molar-refractivity contribution in [3.05, 3.63) is 29.8 Å². The Morgan fingerprint density at radius 1 is 1.46 bits per heavy atom. The van der Waals surface area contributed by atoms with Gasteiger partial charge in [0.15, 0.2) is 0 Å². The third kappa shape index (κ3) is 1.67. The Balaban J connectivity index is 2.16. The standard InChI is InChI=1S/C12H12O/c1-2-5-10-8-11-6-3-4-7-12(11)13-9-10/h1,3-4,6-7,10H,5,8-9H2. The van der Waals surface area contributed by atoms with Crippen LogP contribution in [0.4, 0.5) is 0 Å². The minimum Gasteiger partial charge on any atom is -0.493 e. The minimum atomic E-state index is 0.500. The smallest absolute Gasteiger partial charge is 0.122 e. The molecule has 1 atom stereocenters. The third-order valence-corrected chi connectivity index (χ3v) is 2.36. The van der Waals surface area contributed by atoms with Gasteiger partial charge in [0.25, 0.3) is 0 Å². The van der Waals surface area contributed by atoms with Gasteiger partial charge < -0.3 is 4.74 Å². The molecule has 0 fully saturated rings. The van der Waals surface area contributed by atoms with E-state index in [0.717, 1.165) is 25.2 Å². The summed E-state index contributed by atoms with van der Waals surface area (Å²) in [5.74, 6) is 4.21. The lowest BCUT2D eigenvalue weighted by atomic mass is 9.94. The van der Waals surface area contributed by atoms with E-state index in [1.54, 1.807) is 0 Å². The molecule has 1 aliphatic rings. The second kappa shape index (κ2) is 3.53. The molecular weight excluding hydrogens is 160 g/mol. The summed E-state index contributed by atoms with van der Waals surface area (Å²) in [7, 11) is 0. The fourth-order valence-corrected chi connectivity index (χ4v) is 1.69. The van der Waals surface area contributed by atoms with Crippen LogP contribution in [0.5, 0.6) is 5.75 Å². The molecule has 1 nitrogen and oxygen atoms in total. The van der Waals surface area contributed by atoms with Crippen molar-refractivity contribution in [2.75, 3.05) is 6.61 Å². The Morgan fingerprint density at radius 3 is 3.15 bits per heavy atom. The van der Waals surface area contributed by atoms with Gasteiger partial charge in [-0.25, -0.2) is 0 Å². The van der Waals surface area contributed by atoms with Crippen LogP contribution < -0.4 is 4.74 Å². The summed E-state index contributed by atoms with van der Waals surface area (Å²) in [5, 5.41) is 0. The molecule has 1 aromatic carbocycles. The van der Waals surface area contributed by atoms with Crippen molar-refractivity contribution < 1.29 is 4.74 Å². The lowest BCUT2D eigenvalue weighted by molar-refractivity contribution is 0.225. The summed E-state index contributed by atoms with van der Waals surface area (Å²) in [5.41, 5.74) is 1.29. The van der Waals surface area contributed by atoms with Crippen LogP contribution in [-0.4, -0.2) is 6.61 Å². The van der Waals surface area contributed by atoms with Gasteiger partial charge in [-0.2, -0.15) is 0 Å². The number of hydrogen-bond acceptors (Lipinski definition) is 1. The first-order chi connectivity index (χ1) is 6.40. The number of terminal acetylenes is 1. The molecule has 0 spiro atoms. The van der Waals surface area contributed by atoms with Crippen LogP contribution in [0.1, 0.15) is 12.0 Å². The van der Waals surface area contributed by atoms with Crippen LogP contribution in [0, 0.1) is 18.3 Å². The van der Waals surface area contributed by atoms with Crippen LogP contribution >= 0.6 is 0 Å². The summed E-state index contributed by atoms with van der Waals surface area (Å²) >= 11 is 0. The highest BCUT2D eigenvalue weighted by molar-refractivity contribution is 5.35. The summed E-state index contributed by atoms with van der Waals surface area (Å²) in [6, 6.07) is 8.17. The Morgan fingerprint density at radius 2 is 2.31 bits per heavy atom. The lowest BCUT2D eigenvalue weighted by Gasteiger charge is -2.23. The first-order valence-electron chi connectivity index (χ1n) is 4.54. The number of para-hydroxylation sites is 1. The van der Waals surface area contributed by atoms with Crippen molar-refractivity contribution in [3.63, 3.8) is 0 Å². The molecule has 0 N–H and O–H groups in total. The zero-order valence-electron chi connectivity index (χ0n) is 7.49. The van der Waals surface area contributed by atoms with Gasteiger partial charge in [-0.05, 0) is 18.1 Å². The summed E-state index contributed by atoms with van der Waals surface area (Å²) in [6.07, 6.45) is 7.14. The van der Waals surface area contributed by atoms with Gasteiger partial charge in [-0.3, -0.25) is 0 Å². The van der Waals surface area contributed by atoms with Crippen LogP contribution in [-0.2, 0) is 6.42 Å². The Bertz CT molecular complexity index is 335. The van der Waals surface area contributed by atoms with E-state index in [2.05, 4.69) is 12.0 Å². The van der Waals surface area contributed by atoms with Gasteiger partial charge in [-0.15, -0.1) is 12.3 Å². The van der Waals surface area contributed by atoms with Gasteiger partial charge in [0, 0.05) is 12.3 Å². The van der Waals surface area contributed by atoms with Crippen LogP contribution in [0.3, 0.4) is 0 Å². The predicted molar refractivity (Wildman–Crippen MR) is 52.6 cm³/mol. The molecule has 0 saturated heterocycles. The zero-order valence-corrected chi connectivity index (χ0v) is 7.49. The molecule has 0 radical (unpaired) electrons. The van der Waals surface area contributed by atoms with E-state index in [4.69, 9.17) is 11.2 Å². The first kappa shape index (κ1) is 8.19. The molecule has 13 heavy (non-hydrogen) atoms. The third-order valence-electron chi connectivity index (χ3n) is 2.36. The van der Waals surface area contributed by atoms with Crippen LogP contribution in [0.15, 0.2) is 24.3 Å². The topological polar surface area (TPSA) is 9.23 Å². The molecule has 0 saturated carbocycles. The summed E-state index contributed by atoms with van der Waals surface area (Å²) in [6.45, 7) is 0.765. The Kier molecular flexibility index (Phi) is 2.23. The average molecular weight is 172 g/mol. The lowest BCUT2D eigenvalue weighted by Crippen LogP contribution is -2.20. The average Bonchev–Trinajstić information content (AvgIpc) is 2.18. The van der Waals surface area contributed by atoms with Gasteiger partial charge in [-0.1, -0.05) is 18.2 Å². The highest BCUT2D eigenvalue weighted by Gasteiger charge is 2.17. The minimum absolute atomic E-state index is 0.500. The van der Waals surface area contributed by atoms with Crippen molar-refractivity contribution in [1.82, 2.24) is 0 Å². The highest BCUT2D eigenvalue weighted by atomic mass is 16.5. The van der Waals surface area contributed by atoms with E-state index >= 15 is 0 Å². The van der Waals surface area contributed by atoms with Crippen LogP contribution in [0.25, 0.3) is 0 Å². The van der Waals surface area contributed by atoms with Crippen molar-refractivity contribution in [2.45, 2.75) is 12.8 Å². The highest BCUT2D eigenvalue weighted by Crippen LogP contribution is 2.27. The number of benzene rings is 1. The molecule has 0 amide bonds. The Labute approximate surface area is 78.7 Å². The number of rotatable bonds is 1. The maximum atomic E-state index is 5.59. The molecule has 2 rings (SSSR count). The quantitative estimate of drug-likeness (QED) is 0.590. The van der Waals surface area contributed by atoms with E-state index in [9.17, 15) is 0 Å². The Hall–Kier alpha value is -1.42. The molecule has 1 aromatic rings. The predicted octanol–water partition coefficient (Wildman–Crippen LogP) is 2.26. The first-order valence-corrected chi connectivity index (χ1v) is 4.54. The largest absolute Gasteiger partial charge is 0.493 e. The fraction of sp³-hybridized carbons (Fsp3) is 0.333. The zero-order chi connectivity index (χ0) is 9.10. The van der Waals surface area contributed by atoms with Crippen molar-refractivity contribution in [1.29, 1.82) is 0 Å². The van der Waals surface area contributed by atoms with Gasteiger partial charge in [0.05, 0.1) is 6.61 Å². The van der Waals surface area contributed by atoms with E-state index in [1.165, 1.54) is 5.56 Å². The molecule has 0 aromatic heterocycles. The molecule has 66 valence electrons. The number of ether oxygens (including phenoxy) is 1. The molecule has 1 heterocycles. The SMILES string of the molecule is C#CCC1COc2ccccc2C1. The number of fused-ring (bicyclic) bond motifs is 1. The van der Waals surface area contributed by atoms with Gasteiger partial charge >= 0.3 is 0 Å². The van der Waals surface area contributed by atoms with Gasteiger partial charge in [0.2, 0.25) is 0 Å². The maximum absolute atomic E-state index is 5.59. The molecule has 0 aliphatic carbocycles. The molecule has 1 unspecified atom stereocenters. The summed E-state index contributed by atoms with van der Waals surface area (Å²) in [4.78, 5) is 0. The molecular formula is C12H12O. The monoisotopic (exact) mass is 172 g/mol. The normalized spacial score (nSPS) is 19.8.